The second-order valence-corrected chi connectivity index (χ2v) is 6.39. The Labute approximate surface area is 165 Å². The molecular formula is C20H18N4O5. The van der Waals surface area contributed by atoms with Gasteiger partial charge in [-0.3, -0.25) is 28.8 Å². The summed E-state index contributed by atoms with van der Waals surface area (Å²) < 4.78 is 2.16. The van der Waals surface area contributed by atoms with Crippen LogP contribution in [-0.4, -0.2) is 20.0 Å². The number of nitrogens with zero attached hydrogens (tertiary/aromatic N) is 3. The Morgan fingerprint density at radius 3 is 2.48 bits per heavy atom. The Morgan fingerprint density at radius 2 is 1.79 bits per heavy atom. The number of aromatic nitrogens is 2. The molecule has 0 saturated carbocycles. The Morgan fingerprint density at radius 1 is 1.07 bits per heavy atom. The van der Waals surface area contributed by atoms with Crippen LogP contribution in [0, 0.1) is 17.0 Å². The first-order valence-electron chi connectivity index (χ1n) is 8.75. The van der Waals surface area contributed by atoms with E-state index in [2.05, 4.69) is 5.32 Å². The van der Waals surface area contributed by atoms with Crippen LogP contribution < -0.4 is 16.6 Å². The molecule has 2 aromatic carbocycles. The third-order valence-corrected chi connectivity index (χ3v) is 4.41. The molecule has 9 nitrogen and oxygen atoms in total. The van der Waals surface area contributed by atoms with Gasteiger partial charge in [0.15, 0.2) is 0 Å². The van der Waals surface area contributed by atoms with E-state index in [1.165, 1.54) is 42.0 Å². The van der Waals surface area contributed by atoms with Crippen molar-refractivity contribution in [3.05, 3.63) is 103 Å². The summed E-state index contributed by atoms with van der Waals surface area (Å²) in [6, 6.07) is 14.7. The molecule has 0 saturated heterocycles. The van der Waals surface area contributed by atoms with Gasteiger partial charge in [-0.1, -0.05) is 36.4 Å². The van der Waals surface area contributed by atoms with Gasteiger partial charge in [0.25, 0.3) is 11.2 Å². The maximum Gasteiger partial charge on any atom is 0.331 e. The van der Waals surface area contributed by atoms with Gasteiger partial charge in [0, 0.05) is 18.3 Å². The number of hydrogen-bond donors (Lipinski definition) is 1. The van der Waals surface area contributed by atoms with Gasteiger partial charge in [-0.05, 0) is 18.6 Å². The van der Waals surface area contributed by atoms with Gasteiger partial charge in [0.1, 0.15) is 6.54 Å². The minimum atomic E-state index is -0.634. The molecule has 0 aliphatic carbocycles. The van der Waals surface area contributed by atoms with E-state index < -0.39 is 28.6 Å². The molecule has 0 aliphatic heterocycles. The highest BCUT2D eigenvalue weighted by Gasteiger charge is 2.16. The lowest BCUT2D eigenvalue weighted by atomic mass is 10.1. The van der Waals surface area contributed by atoms with Crippen molar-refractivity contribution in [2.24, 2.45) is 0 Å². The first kappa shape index (κ1) is 19.7. The van der Waals surface area contributed by atoms with Crippen LogP contribution >= 0.6 is 0 Å². The average Bonchev–Trinajstić information content (AvgIpc) is 2.69. The fourth-order valence-electron chi connectivity index (χ4n) is 2.89. The van der Waals surface area contributed by atoms with Crippen LogP contribution in [0.15, 0.2) is 70.4 Å². The van der Waals surface area contributed by atoms with E-state index in [4.69, 9.17) is 0 Å². The van der Waals surface area contributed by atoms with Crippen LogP contribution in [0.4, 0.5) is 11.4 Å². The topological polar surface area (TPSA) is 116 Å². The lowest BCUT2D eigenvalue weighted by molar-refractivity contribution is -0.385. The zero-order valence-electron chi connectivity index (χ0n) is 15.6. The van der Waals surface area contributed by atoms with Crippen LogP contribution in [0.1, 0.15) is 11.1 Å². The van der Waals surface area contributed by atoms with E-state index in [0.717, 1.165) is 10.1 Å². The number of anilines is 1. The van der Waals surface area contributed by atoms with E-state index in [1.807, 2.05) is 30.3 Å². The molecule has 1 aromatic heterocycles. The largest absolute Gasteiger partial charge is 0.331 e. The highest BCUT2D eigenvalue weighted by Crippen LogP contribution is 2.24. The van der Waals surface area contributed by atoms with Gasteiger partial charge in [-0.2, -0.15) is 0 Å². The van der Waals surface area contributed by atoms with Crippen molar-refractivity contribution in [1.82, 2.24) is 9.13 Å². The van der Waals surface area contributed by atoms with Gasteiger partial charge in [-0.15, -0.1) is 0 Å². The molecule has 1 amide bonds. The summed E-state index contributed by atoms with van der Waals surface area (Å²) in [7, 11) is 0. The smallest absolute Gasteiger partial charge is 0.324 e. The fourth-order valence-corrected chi connectivity index (χ4v) is 2.89. The van der Waals surface area contributed by atoms with Gasteiger partial charge in [0.2, 0.25) is 5.91 Å². The predicted octanol–water partition coefficient (Wildman–Crippen LogP) is 1.91. The van der Waals surface area contributed by atoms with Gasteiger partial charge >= 0.3 is 5.69 Å². The fraction of sp³-hybridized carbons (Fsp3) is 0.150. The summed E-state index contributed by atoms with van der Waals surface area (Å²) in [4.78, 5) is 47.7. The van der Waals surface area contributed by atoms with Crippen molar-refractivity contribution < 1.29 is 9.72 Å². The van der Waals surface area contributed by atoms with Crippen LogP contribution in [0.3, 0.4) is 0 Å². The monoisotopic (exact) mass is 394 g/mol. The van der Waals surface area contributed by atoms with Crippen molar-refractivity contribution in [1.29, 1.82) is 0 Å². The summed E-state index contributed by atoms with van der Waals surface area (Å²) in [5.41, 5.74) is 0.0457. The van der Waals surface area contributed by atoms with Gasteiger partial charge in [0.05, 0.1) is 22.7 Å². The lowest BCUT2D eigenvalue weighted by Gasteiger charge is -2.11. The molecule has 0 atom stereocenters. The summed E-state index contributed by atoms with van der Waals surface area (Å²) >= 11 is 0. The van der Waals surface area contributed by atoms with Crippen LogP contribution in [-0.2, 0) is 17.9 Å². The molecule has 9 heteroatoms. The summed E-state index contributed by atoms with van der Waals surface area (Å²) in [5, 5.41) is 13.6. The molecule has 1 N–H and O–H groups in total. The number of nitrogens with one attached hydrogen (secondary N) is 1. The Hall–Kier alpha value is -4.01. The normalized spacial score (nSPS) is 10.5. The van der Waals surface area contributed by atoms with E-state index in [0.29, 0.717) is 0 Å². The third kappa shape index (κ3) is 4.46. The summed E-state index contributed by atoms with van der Waals surface area (Å²) in [5.74, 6) is -0.634. The van der Waals surface area contributed by atoms with E-state index >= 15 is 0 Å². The van der Waals surface area contributed by atoms with Crippen LogP contribution in [0.25, 0.3) is 0 Å². The molecule has 3 aromatic rings. The van der Waals surface area contributed by atoms with Crippen molar-refractivity contribution in [2.45, 2.75) is 20.0 Å². The molecule has 0 unspecified atom stereocenters. The third-order valence-electron chi connectivity index (χ3n) is 4.41. The molecule has 0 bridgehead atoms. The van der Waals surface area contributed by atoms with E-state index in [9.17, 15) is 24.5 Å². The van der Waals surface area contributed by atoms with Crippen molar-refractivity contribution in [2.75, 3.05) is 5.32 Å². The first-order valence-corrected chi connectivity index (χ1v) is 8.75. The summed E-state index contributed by atoms with van der Waals surface area (Å²) in [6.07, 6.45) is 1.39. The van der Waals surface area contributed by atoms with Crippen LogP contribution in [0.5, 0.6) is 0 Å². The van der Waals surface area contributed by atoms with Crippen molar-refractivity contribution >= 4 is 17.3 Å². The number of rotatable bonds is 6. The van der Waals surface area contributed by atoms with E-state index in [-0.39, 0.29) is 23.5 Å². The number of nitro benzene ring substituents is 1. The molecule has 0 aliphatic rings. The van der Waals surface area contributed by atoms with Crippen LogP contribution in [0.2, 0.25) is 0 Å². The minimum absolute atomic E-state index is 0.134. The second kappa shape index (κ2) is 8.34. The lowest BCUT2D eigenvalue weighted by Crippen LogP contribution is -2.41. The Bertz CT molecular complexity index is 1180. The Balaban J connectivity index is 1.83. The molecule has 29 heavy (non-hydrogen) atoms. The SMILES string of the molecule is Cc1c(NC(=O)Cn2c(=O)ccn(Cc3ccccc3)c2=O)cccc1[N+](=O)[O-]. The Kier molecular flexibility index (Phi) is 5.68. The quantitative estimate of drug-likeness (QED) is 0.506. The number of carbonyl (C=O) groups is 1. The molecule has 1 heterocycles. The van der Waals surface area contributed by atoms with Crippen molar-refractivity contribution in [3.63, 3.8) is 0 Å². The van der Waals surface area contributed by atoms with E-state index in [1.54, 1.807) is 0 Å². The molecule has 0 fully saturated rings. The average molecular weight is 394 g/mol. The molecular weight excluding hydrogens is 376 g/mol. The molecule has 3 rings (SSSR count). The zero-order chi connectivity index (χ0) is 21.0. The number of amides is 1. The molecule has 0 spiro atoms. The number of benzene rings is 2. The maximum absolute atomic E-state index is 12.6. The summed E-state index contributed by atoms with van der Waals surface area (Å²) in [6.45, 7) is 1.26. The van der Waals surface area contributed by atoms with Crippen molar-refractivity contribution in [3.8, 4) is 0 Å². The standard InChI is InChI=1S/C20H18N4O5/c1-14-16(8-5-9-17(14)24(28)29)21-18(25)13-23-19(26)10-11-22(20(23)27)12-15-6-3-2-4-7-15/h2-11H,12-13H2,1H3,(H,21,25). The number of nitro groups is 1. The van der Waals surface area contributed by atoms with Gasteiger partial charge in [-0.25, -0.2) is 4.79 Å². The predicted molar refractivity (Wildman–Crippen MR) is 107 cm³/mol. The highest BCUT2D eigenvalue weighted by molar-refractivity contribution is 5.91. The second-order valence-electron chi connectivity index (χ2n) is 6.39. The first-order chi connectivity index (χ1) is 13.9. The minimum Gasteiger partial charge on any atom is -0.324 e. The molecule has 148 valence electrons. The van der Waals surface area contributed by atoms with Gasteiger partial charge < -0.3 is 5.32 Å². The zero-order valence-corrected chi connectivity index (χ0v) is 15.6. The maximum atomic E-state index is 12.6. The molecule has 0 radical (unpaired) electrons. The number of hydrogen-bond acceptors (Lipinski definition) is 5. The highest BCUT2D eigenvalue weighted by atomic mass is 16.6. The number of carbonyl (C=O) groups excluding carboxylic acids is 1.